The number of ether oxygens (including phenoxy) is 1. The predicted octanol–water partition coefficient (Wildman–Crippen LogP) is 5.60. The molecular formula is C29H47N3O4. The third-order valence-corrected chi connectivity index (χ3v) is 5.76. The molecule has 0 aliphatic rings. The van der Waals surface area contributed by atoms with Crippen molar-refractivity contribution in [2.24, 2.45) is 5.92 Å². The molecular weight excluding hydrogens is 454 g/mol. The van der Waals surface area contributed by atoms with Gasteiger partial charge in [0.2, 0.25) is 11.8 Å². The van der Waals surface area contributed by atoms with Crippen molar-refractivity contribution >= 4 is 17.9 Å². The second kappa shape index (κ2) is 14.7. The minimum atomic E-state index is -0.853. The van der Waals surface area contributed by atoms with Crippen molar-refractivity contribution in [3.63, 3.8) is 0 Å². The first-order valence-corrected chi connectivity index (χ1v) is 13.1. The third kappa shape index (κ3) is 10.0. The van der Waals surface area contributed by atoms with Crippen LogP contribution in [0.15, 0.2) is 30.9 Å². The normalized spacial score (nSPS) is 13.0. The van der Waals surface area contributed by atoms with Crippen LogP contribution in [0.3, 0.4) is 0 Å². The average Bonchev–Trinajstić information content (AvgIpc) is 2.75. The molecule has 7 heteroatoms. The van der Waals surface area contributed by atoms with Gasteiger partial charge in [0.15, 0.2) is 0 Å². The summed E-state index contributed by atoms with van der Waals surface area (Å²) in [4.78, 5) is 41.8. The maximum Gasteiger partial charge on any atom is 0.408 e. The van der Waals surface area contributed by atoms with Crippen molar-refractivity contribution in [3.8, 4) is 0 Å². The predicted molar refractivity (Wildman–Crippen MR) is 146 cm³/mol. The van der Waals surface area contributed by atoms with E-state index in [0.29, 0.717) is 13.0 Å². The highest BCUT2D eigenvalue weighted by Gasteiger charge is 2.37. The van der Waals surface area contributed by atoms with E-state index in [2.05, 4.69) is 24.1 Å². The number of benzene rings is 1. The fraction of sp³-hybridized carbons (Fsp3) is 0.621. The number of unbranched alkanes of at least 4 members (excludes halogenated alkanes) is 2. The molecule has 7 nitrogen and oxygen atoms in total. The number of alkyl carbamates (subject to hydrolysis) is 1. The Morgan fingerprint density at radius 3 is 2.22 bits per heavy atom. The zero-order valence-corrected chi connectivity index (χ0v) is 23.6. The lowest BCUT2D eigenvalue weighted by molar-refractivity contribution is -0.142. The van der Waals surface area contributed by atoms with E-state index >= 15 is 0 Å². The van der Waals surface area contributed by atoms with Gasteiger partial charge in [0, 0.05) is 13.1 Å². The summed E-state index contributed by atoms with van der Waals surface area (Å²) in [7, 11) is 0. The zero-order valence-electron chi connectivity index (χ0n) is 23.6. The first-order valence-electron chi connectivity index (χ1n) is 13.1. The van der Waals surface area contributed by atoms with Crippen LogP contribution in [-0.4, -0.2) is 47.5 Å². The van der Waals surface area contributed by atoms with Gasteiger partial charge in [-0.2, -0.15) is 0 Å². The fourth-order valence-corrected chi connectivity index (χ4v) is 4.17. The van der Waals surface area contributed by atoms with E-state index in [4.69, 9.17) is 4.74 Å². The molecule has 0 aliphatic heterocycles. The van der Waals surface area contributed by atoms with E-state index in [0.717, 1.165) is 36.0 Å². The van der Waals surface area contributed by atoms with Crippen LogP contribution in [0.25, 0.3) is 0 Å². The van der Waals surface area contributed by atoms with Gasteiger partial charge in [-0.3, -0.25) is 9.59 Å². The van der Waals surface area contributed by atoms with Crippen molar-refractivity contribution in [1.82, 2.24) is 15.5 Å². The van der Waals surface area contributed by atoms with E-state index in [1.807, 2.05) is 45.9 Å². The number of aryl methyl sites for hydroxylation is 2. The lowest BCUT2D eigenvalue weighted by atomic mass is 9.93. The van der Waals surface area contributed by atoms with Gasteiger partial charge < -0.3 is 20.3 Å². The molecule has 1 rings (SSSR count). The summed E-state index contributed by atoms with van der Waals surface area (Å²) in [6, 6.07) is 4.13. The molecule has 2 unspecified atom stereocenters. The molecule has 202 valence electrons. The van der Waals surface area contributed by atoms with Gasteiger partial charge in [-0.1, -0.05) is 57.9 Å². The average molecular weight is 502 g/mol. The largest absolute Gasteiger partial charge is 0.444 e. The summed E-state index contributed by atoms with van der Waals surface area (Å²) in [5.41, 5.74) is 1.94. The molecule has 36 heavy (non-hydrogen) atoms. The molecule has 0 saturated carbocycles. The number of hydrogen-bond donors (Lipinski definition) is 2. The minimum absolute atomic E-state index is 0.126. The third-order valence-electron chi connectivity index (χ3n) is 5.76. The summed E-state index contributed by atoms with van der Waals surface area (Å²) < 4.78 is 5.43. The van der Waals surface area contributed by atoms with Gasteiger partial charge in [0.25, 0.3) is 0 Å². The molecule has 0 bridgehead atoms. The van der Waals surface area contributed by atoms with Crippen LogP contribution in [0.1, 0.15) is 90.0 Å². The quantitative estimate of drug-likeness (QED) is 0.272. The molecule has 0 fully saturated rings. The van der Waals surface area contributed by atoms with Crippen molar-refractivity contribution in [1.29, 1.82) is 0 Å². The topological polar surface area (TPSA) is 87.7 Å². The standard InChI is InChI=1S/C29H47N3O4/c1-10-12-13-17-30-26(33)25(24-21(5)15-14-16-22(24)6)32(18-11-2)27(34)23(19-20(3)4)31-28(35)36-29(7,8)9/h11,14-16,20,23,25H,2,10,12-13,17-19H2,1,3-9H3,(H,30,33)(H,31,35). The molecule has 2 atom stereocenters. The Hall–Kier alpha value is -2.83. The molecule has 0 heterocycles. The summed E-state index contributed by atoms with van der Waals surface area (Å²) in [5, 5.41) is 5.80. The van der Waals surface area contributed by atoms with Gasteiger partial charge in [0.1, 0.15) is 17.7 Å². The summed E-state index contributed by atoms with van der Waals surface area (Å²) in [5.74, 6) is -0.453. The maximum absolute atomic E-state index is 14.0. The number of hydrogen-bond acceptors (Lipinski definition) is 4. The Bertz CT molecular complexity index is 869. The van der Waals surface area contributed by atoms with Gasteiger partial charge in [-0.25, -0.2) is 4.79 Å². The number of nitrogens with one attached hydrogen (secondary N) is 2. The van der Waals surface area contributed by atoms with E-state index < -0.39 is 23.8 Å². The number of carbonyl (C=O) groups excluding carboxylic acids is 3. The number of carbonyl (C=O) groups is 3. The van der Waals surface area contributed by atoms with E-state index in [9.17, 15) is 14.4 Å². The highest BCUT2D eigenvalue weighted by Crippen LogP contribution is 2.29. The summed E-state index contributed by atoms with van der Waals surface area (Å²) >= 11 is 0. The Morgan fingerprint density at radius 2 is 1.72 bits per heavy atom. The Balaban J connectivity index is 3.46. The summed E-state index contributed by atoms with van der Waals surface area (Å²) in [6.45, 7) is 19.8. The number of nitrogens with zero attached hydrogens (tertiary/aromatic N) is 1. The van der Waals surface area contributed by atoms with Crippen LogP contribution in [0.2, 0.25) is 0 Å². The highest BCUT2D eigenvalue weighted by molar-refractivity contribution is 5.92. The Labute approximate surface area is 218 Å². The zero-order chi connectivity index (χ0) is 27.5. The second-order valence-electron chi connectivity index (χ2n) is 10.8. The SMILES string of the molecule is C=CCN(C(=O)C(CC(C)C)NC(=O)OC(C)(C)C)C(C(=O)NCCCCC)c1c(C)cccc1C. The Morgan fingerprint density at radius 1 is 1.11 bits per heavy atom. The van der Waals surface area contributed by atoms with E-state index in [-0.39, 0.29) is 24.3 Å². The number of rotatable bonds is 13. The molecule has 1 aromatic carbocycles. The van der Waals surface area contributed by atoms with Crippen LogP contribution in [0.5, 0.6) is 0 Å². The Kier molecular flexibility index (Phi) is 12.7. The minimum Gasteiger partial charge on any atom is -0.444 e. The number of amides is 3. The lowest BCUT2D eigenvalue weighted by Gasteiger charge is -2.35. The molecule has 0 spiro atoms. The smallest absolute Gasteiger partial charge is 0.408 e. The lowest BCUT2D eigenvalue weighted by Crippen LogP contribution is -2.53. The van der Waals surface area contributed by atoms with Gasteiger partial charge in [-0.15, -0.1) is 6.58 Å². The van der Waals surface area contributed by atoms with Crippen molar-refractivity contribution in [2.75, 3.05) is 13.1 Å². The van der Waals surface area contributed by atoms with Crippen molar-refractivity contribution < 1.29 is 19.1 Å². The first-order chi connectivity index (χ1) is 16.8. The monoisotopic (exact) mass is 501 g/mol. The van der Waals surface area contributed by atoms with Crippen LogP contribution in [-0.2, 0) is 14.3 Å². The van der Waals surface area contributed by atoms with Gasteiger partial charge >= 0.3 is 6.09 Å². The van der Waals surface area contributed by atoms with Crippen molar-refractivity contribution in [2.45, 2.75) is 98.8 Å². The van der Waals surface area contributed by atoms with Gasteiger partial charge in [0.05, 0.1) is 0 Å². The van der Waals surface area contributed by atoms with Crippen LogP contribution in [0.4, 0.5) is 4.79 Å². The molecule has 0 radical (unpaired) electrons. The van der Waals surface area contributed by atoms with Gasteiger partial charge in [-0.05, 0) is 70.1 Å². The molecule has 0 aliphatic carbocycles. The molecule has 0 aromatic heterocycles. The van der Waals surface area contributed by atoms with Crippen molar-refractivity contribution in [3.05, 3.63) is 47.5 Å². The molecule has 2 N–H and O–H groups in total. The van der Waals surface area contributed by atoms with Crippen LogP contribution in [0, 0.1) is 19.8 Å². The van der Waals surface area contributed by atoms with E-state index in [1.54, 1.807) is 26.8 Å². The van der Waals surface area contributed by atoms with E-state index in [1.165, 1.54) is 4.90 Å². The maximum atomic E-state index is 14.0. The molecule has 3 amide bonds. The fourth-order valence-electron chi connectivity index (χ4n) is 4.17. The second-order valence-corrected chi connectivity index (χ2v) is 10.8. The van der Waals surface area contributed by atoms with Crippen LogP contribution < -0.4 is 10.6 Å². The molecule has 0 saturated heterocycles. The summed E-state index contributed by atoms with van der Waals surface area (Å²) in [6.07, 6.45) is 4.29. The first kappa shape index (κ1) is 31.2. The molecule has 1 aromatic rings. The van der Waals surface area contributed by atoms with Crippen LogP contribution >= 0.6 is 0 Å². The highest BCUT2D eigenvalue weighted by atomic mass is 16.6.